The first-order chi connectivity index (χ1) is 13.8. The minimum atomic E-state index is -1.34. The molecule has 0 aromatic carbocycles. The first-order valence-corrected chi connectivity index (χ1v) is 11.5. The minimum Gasteiger partial charge on any atom is -0.391 e. The number of alkyl halides is 1. The molecule has 1 aliphatic heterocycles. The van der Waals surface area contributed by atoms with Gasteiger partial charge in [-0.2, -0.15) is 0 Å². The van der Waals surface area contributed by atoms with Gasteiger partial charge in [-0.05, 0) is 68.2 Å². The average Bonchev–Trinajstić information content (AvgIpc) is 3.29. The lowest BCUT2D eigenvalue weighted by Gasteiger charge is -2.58. The first-order valence-electron chi connectivity index (χ1n) is 11.5. The molecule has 8 atom stereocenters. The van der Waals surface area contributed by atoms with Crippen LogP contribution in [0.3, 0.4) is 0 Å². The third-order valence-corrected chi connectivity index (χ3v) is 9.34. The number of hydrogen-bond donors (Lipinski definition) is 1. The van der Waals surface area contributed by atoms with Crippen molar-refractivity contribution in [1.29, 1.82) is 0 Å². The van der Waals surface area contributed by atoms with Crippen molar-refractivity contribution in [3.05, 3.63) is 0 Å². The minimum absolute atomic E-state index is 0.0100. The Hall–Kier alpha value is -1.30. The molecule has 0 amide bonds. The van der Waals surface area contributed by atoms with Crippen LogP contribution in [0.25, 0.3) is 0 Å². The number of Topliss-reactive ketones (excluding diaryl/α,β-unsaturated/α-hetero) is 2. The maximum Gasteiger partial charge on any atom is 0.173 e. The molecule has 0 aromatic rings. The summed E-state index contributed by atoms with van der Waals surface area (Å²) in [6.07, 6.45) is 4.83. The van der Waals surface area contributed by atoms with E-state index >= 15 is 0 Å². The highest BCUT2D eigenvalue weighted by molar-refractivity contribution is 5.94. The Labute approximate surface area is 172 Å². The molecule has 1 N–H and O–H groups in total. The molecule has 6 heteroatoms. The molecule has 0 aromatic heterocycles. The van der Waals surface area contributed by atoms with Crippen molar-refractivity contribution in [1.82, 2.24) is 5.32 Å². The average molecular weight is 405 g/mol. The molecule has 5 nitrogen and oxygen atoms in total. The molecule has 0 spiro atoms. The summed E-state index contributed by atoms with van der Waals surface area (Å²) in [5.41, 5.74) is 0.396. The van der Waals surface area contributed by atoms with Gasteiger partial charge in [-0.15, -0.1) is 0 Å². The number of nitrogens with one attached hydrogen (secondary N) is 1. The van der Waals surface area contributed by atoms with Crippen LogP contribution >= 0.6 is 0 Å². The second kappa shape index (κ2) is 6.86. The molecule has 1 heterocycles. The van der Waals surface area contributed by atoms with E-state index in [-0.39, 0.29) is 35.1 Å². The van der Waals surface area contributed by atoms with E-state index in [1.807, 2.05) is 6.92 Å². The second-order valence-corrected chi connectivity index (χ2v) is 10.7. The quantitative estimate of drug-likeness (QED) is 0.716. The number of ketones is 2. The van der Waals surface area contributed by atoms with E-state index in [0.29, 0.717) is 31.0 Å². The van der Waals surface area contributed by atoms with Gasteiger partial charge in [-0.25, -0.2) is 4.39 Å². The van der Waals surface area contributed by atoms with E-state index in [0.717, 1.165) is 50.9 Å². The highest BCUT2D eigenvalue weighted by Gasteiger charge is 2.64. The summed E-state index contributed by atoms with van der Waals surface area (Å²) in [7, 11) is 0. The Kier molecular flexibility index (Phi) is 4.65. The monoisotopic (exact) mass is 404 g/mol. The summed E-state index contributed by atoms with van der Waals surface area (Å²) >= 11 is 0. The molecule has 1 saturated heterocycles. The standard InChI is InChI=1S/C23H33FN2O3/c1-22-6-3-13(26-29-14-5-8-25-12-14)9-18(22)20(27)10-15-16(22)4-7-23(2)17(15)11-19(24)21(23)28/h14-19,25H,3-12H2,1-2H3/b26-13-. The van der Waals surface area contributed by atoms with Crippen LogP contribution in [-0.2, 0) is 14.4 Å². The molecule has 4 saturated carbocycles. The Morgan fingerprint density at radius 2 is 1.97 bits per heavy atom. The Morgan fingerprint density at radius 1 is 1.14 bits per heavy atom. The molecular formula is C23H33FN2O3. The largest absolute Gasteiger partial charge is 0.391 e. The predicted molar refractivity (Wildman–Crippen MR) is 107 cm³/mol. The van der Waals surface area contributed by atoms with Crippen molar-refractivity contribution in [2.45, 2.75) is 77.5 Å². The van der Waals surface area contributed by atoms with Gasteiger partial charge >= 0.3 is 0 Å². The Bertz CT molecular complexity index is 748. The van der Waals surface area contributed by atoms with Gasteiger partial charge in [0.15, 0.2) is 12.0 Å². The summed E-state index contributed by atoms with van der Waals surface area (Å²) in [4.78, 5) is 31.5. The summed E-state index contributed by atoms with van der Waals surface area (Å²) < 4.78 is 14.3. The van der Waals surface area contributed by atoms with Crippen LogP contribution in [0.15, 0.2) is 5.16 Å². The van der Waals surface area contributed by atoms with Gasteiger partial charge in [0.2, 0.25) is 0 Å². The number of oxime groups is 1. The van der Waals surface area contributed by atoms with Crippen molar-refractivity contribution in [3.8, 4) is 0 Å². The van der Waals surface area contributed by atoms with E-state index < -0.39 is 11.6 Å². The Balaban J connectivity index is 1.36. The topological polar surface area (TPSA) is 67.8 Å². The molecular weight excluding hydrogens is 371 g/mol. The maximum atomic E-state index is 14.3. The fourth-order valence-corrected chi connectivity index (χ4v) is 7.55. The van der Waals surface area contributed by atoms with Crippen LogP contribution < -0.4 is 5.32 Å². The lowest BCUT2D eigenvalue weighted by molar-refractivity contribution is -0.152. The number of rotatable bonds is 2. The van der Waals surface area contributed by atoms with Crippen LogP contribution in [0.5, 0.6) is 0 Å². The second-order valence-electron chi connectivity index (χ2n) is 10.7. The van der Waals surface area contributed by atoms with Gasteiger partial charge in [0.1, 0.15) is 11.9 Å². The molecule has 5 aliphatic rings. The van der Waals surface area contributed by atoms with E-state index in [4.69, 9.17) is 4.84 Å². The summed E-state index contributed by atoms with van der Waals surface area (Å²) in [6, 6.07) is 0. The van der Waals surface area contributed by atoms with E-state index in [1.54, 1.807) is 0 Å². The lowest BCUT2D eigenvalue weighted by atomic mass is 9.45. The number of carbonyl (C=O) groups excluding carboxylic acids is 2. The highest BCUT2D eigenvalue weighted by Crippen LogP contribution is 2.64. The Morgan fingerprint density at radius 3 is 2.72 bits per heavy atom. The molecule has 29 heavy (non-hydrogen) atoms. The molecule has 0 radical (unpaired) electrons. The first kappa shape index (κ1) is 19.7. The van der Waals surface area contributed by atoms with Crippen LogP contribution in [-0.4, -0.2) is 42.6 Å². The zero-order valence-electron chi connectivity index (χ0n) is 17.6. The SMILES string of the molecule is CC12CCC3C(CC(=O)C4C/C(=N\OC5CCNC5)CCC43C)C1CC(F)C2=O. The smallest absolute Gasteiger partial charge is 0.173 e. The number of nitrogens with zero attached hydrogens (tertiary/aromatic N) is 1. The zero-order valence-corrected chi connectivity index (χ0v) is 17.6. The van der Waals surface area contributed by atoms with Gasteiger partial charge in [0, 0.05) is 30.7 Å². The normalized spacial score (nSPS) is 50.9. The van der Waals surface area contributed by atoms with Crippen molar-refractivity contribution in [2.75, 3.05) is 13.1 Å². The van der Waals surface area contributed by atoms with Crippen molar-refractivity contribution in [2.24, 2.45) is 39.7 Å². The van der Waals surface area contributed by atoms with Crippen LogP contribution in [0.1, 0.15) is 65.2 Å². The number of carbonyl (C=O) groups is 2. The molecule has 5 fully saturated rings. The summed E-state index contributed by atoms with van der Waals surface area (Å²) in [5.74, 6) is 0.664. The lowest BCUT2D eigenvalue weighted by Crippen LogP contribution is -2.56. The van der Waals surface area contributed by atoms with Gasteiger partial charge in [0.25, 0.3) is 0 Å². The molecule has 0 bridgehead atoms. The third-order valence-electron chi connectivity index (χ3n) is 9.34. The van der Waals surface area contributed by atoms with Gasteiger partial charge in [-0.1, -0.05) is 19.0 Å². The maximum absolute atomic E-state index is 14.3. The number of hydrogen-bond acceptors (Lipinski definition) is 5. The molecule has 160 valence electrons. The highest BCUT2D eigenvalue weighted by atomic mass is 19.1. The summed E-state index contributed by atoms with van der Waals surface area (Å²) in [6.45, 7) is 6.04. The van der Waals surface area contributed by atoms with Gasteiger partial charge in [0.05, 0.1) is 5.71 Å². The zero-order chi connectivity index (χ0) is 20.4. The molecule has 4 aliphatic carbocycles. The van der Waals surface area contributed by atoms with Crippen LogP contribution in [0.4, 0.5) is 4.39 Å². The predicted octanol–water partition coefficient (Wildman–Crippen LogP) is 3.46. The number of fused-ring (bicyclic) bond motifs is 5. The summed E-state index contributed by atoms with van der Waals surface area (Å²) in [5, 5.41) is 7.72. The fraction of sp³-hybridized carbons (Fsp3) is 0.870. The fourth-order valence-electron chi connectivity index (χ4n) is 7.55. The number of halogens is 1. The molecule has 5 rings (SSSR count). The van der Waals surface area contributed by atoms with E-state index in [9.17, 15) is 14.0 Å². The van der Waals surface area contributed by atoms with Crippen molar-refractivity contribution >= 4 is 17.3 Å². The van der Waals surface area contributed by atoms with Crippen LogP contribution in [0, 0.1) is 34.5 Å². The van der Waals surface area contributed by atoms with Crippen LogP contribution in [0.2, 0.25) is 0 Å². The van der Waals surface area contributed by atoms with E-state index in [1.165, 1.54) is 0 Å². The third kappa shape index (κ3) is 2.92. The van der Waals surface area contributed by atoms with Gasteiger partial charge < -0.3 is 10.2 Å². The van der Waals surface area contributed by atoms with E-state index in [2.05, 4.69) is 17.4 Å². The van der Waals surface area contributed by atoms with Crippen molar-refractivity contribution < 1.29 is 18.8 Å². The van der Waals surface area contributed by atoms with Gasteiger partial charge in [-0.3, -0.25) is 9.59 Å². The molecule has 8 unspecified atom stereocenters. The van der Waals surface area contributed by atoms with Crippen molar-refractivity contribution in [3.63, 3.8) is 0 Å².